The summed E-state index contributed by atoms with van der Waals surface area (Å²) in [5.41, 5.74) is 4.92. The second-order valence-electron chi connectivity index (χ2n) is 22.3. The largest absolute Gasteiger partial charge is 0.507 e. The fraction of sp³-hybridized carbons (Fsp3) is 0.545. The number of phenolic OH excluding ortho intramolecular Hbond substituents is 1. The normalized spacial score (nSPS) is 25.8. The van der Waals surface area contributed by atoms with Gasteiger partial charge < -0.3 is 45.8 Å². The lowest BCUT2D eigenvalue weighted by Crippen LogP contribution is -2.59. The lowest BCUT2D eigenvalue weighted by Gasteiger charge is -2.55. The van der Waals surface area contributed by atoms with E-state index in [1.54, 1.807) is 18.2 Å². The lowest BCUT2D eigenvalue weighted by atomic mass is 9.56. The van der Waals surface area contributed by atoms with Crippen LogP contribution in [0, 0.1) is 35.5 Å². The highest BCUT2D eigenvalue weighted by molar-refractivity contribution is 6.30. The number of benzene rings is 2. The molecule has 2 aromatic heterocycles. The Hall–Kier alpha value is -6.02. The van der Waals surface area contributed by atoms with E-state index in [9.17, 15) is 24.6 Å². The van der Waals surface area contributed by atoms with Crippen LogP contribution in [0.5, 0.6) is 5.75 Å². The first-order chi connectivity index (χ1) is 34.6. The van der Waals surface area contributed by atoms with Gasteiger partial charge in [-0.3, -0.25) is 14.4 Å². The third-order valence-corrected chi connectivity index (χ3v) is 16.7. The monoisotopic (exact) mass is 998 g/mol. The van der Waals surface area contributed by atoms with E-state index < -0.39 is 23.6 Å². The van der Waals surface area contributed by atoms with Gasteiger partial charge in [0.05, 0.1) is 30.1 Å². The van der Waals surface area contributed by atoms with Crippen LogP contribution in [-0.2, 0) is 14.4 Å². The number of aliphatic hydroxyl groups is 1. The highest BCUT2D eigenvalue weighted by Gasteiger charge is 2.50. The van der Waals surface area contributed by atoms with Gasteiger partial charge in [0.1, 0.15) is 17.8 Å². The Bertz CT molecular complexity index is 2720. The highest BCUT2D eigenvalue weighted by atomic mass is 35.5. The van der Waals surface area contributed by atoms with Crippen LogP contribution in [0.1, 0.15) is 101 Å². The van der Waals surface area contributed by atoms with Crippen molar-refractivity contribution in [3.63, 3.8) is 0 Å². The van der Waals surface area contributed by atoms with Crippen molar-refractivity contribution < 1.29 is 24.6 Å². The van der Waals surface area contributed by atoms with E-state index in [4.69, 9.17) is 21.6 Å². The SMILES string of the molecule is Cc1cc(Cl)ccc1C#CCNC(=O)[C@@H]1C[C@@H](O)CN1C(=O)[C@@H](NC(=O)C1CCC2(CC1)CC(N1CCC(c3cnc(N4CCN5c6cc(-c7ccccc7O)nnc6NC[C@H]5C4)nc3)CC1)C2)C(C)(C)C. The zero-order chi connectivity index (χ0) is 50.3. The number of piperazine rings is 1. The van der Waals surface area contributed by atoms with E-state index in [2.05, 4.69) is 52.7 Å². The van der Waals surface area contributed by atoms with Crippen molar-refractivity contribution in [1.29, 1.82) is 0 Å². The van der Waals surface area contributed by atoms with E-state index in [0.717, 1.165) is 106 Å². The summed E-state index contributed by atoms with van der Waals surface area (Å²) in [5, 5.41) is 40.0. The van der Waals surface area contributed by atoms with Gasteiger partial charge in [0, 0.05) is 79.6 Å². The summed E-state index contributed by atoms with van der Waals surface area (Å²) in [6.07, 6.45) is 11.5. The molecule has 380 valence electrons. The number of amides is 3. The number of phenols is 1. The predicted molar refractivity (Wildman–Crippen MR) is 278 cm³/mol. The van der Waals surface area contributed by atoms with Crippen molar-refractivity contribution in [2.45, 2.75) is 122 Å². The summed E-state index contributed by atoms with van der Waals surface area (Å²) >= 11 is 6.07. The molecule has 0 unspecified atom stereocenters. The van der Waals surface area contributed by atoms with Crippen LogP contribution >= 0.6 is 11.6 Å². The molecular weight excluding hydrogens is 930 g/mol. The number of hydrogen-bond donors (Lipinski definition) is 5. The van der Waals surface area contributed by atoms with E-state index in [0.29, 0.717) is 28.2 Å². The van der Waals surface area contributed by atoms with Crippen LogP contribution in [0.4, 0.5) is 17.5 Å². The first-order valence-electron chi connectivity index (χ1n) is 25.9. The number of halogens is 1. The Labute approximate surface area is 427 Å². The average Bonchev–Trinajstić information content (AvgIpc) is 3.77. The quantitative estimate of drug-likeness (QED) is 0.125. The molecule has 2 aromatic carbocycles. The molecule has 1 spiro atoms. The smallest absolute Gasteiger partial charge is 0.246 e. The van der Waals surface area contributed by atoms with Crippen molar-refractivity contribution >= 4 is 46.8 Å². The maximum absolute atomic E-state index is 14.2. The number of aromatic nitrogens is 4. The van der Waals surface area contributed by atoms with Gasteiger partial charge in [0.25, 0.3) is 0 Å². The van der Waals surface area contributed by atoms with Crippen LogP contribution in [0.25, 0.3) is 11.3 Å². The Morgan fingerprint density at radius 1 is 0.931 bits per heavy atom. The topological polar surface area (TPSA) is 192 Å². The number of hydrogen-bond acceptors (Lipinski definition) is 13. The zero-order valence-electron chi connectivity index (χ0n) is 41.9. The van der Waals surface area contributed by atoms with E-state index in [1.165, 1.54) is 23.3 Å². The summed E-state index contributed by atoms with van der Waals surface area (Å²) in [7, 11) is 0. The standard InChI is InChI=1S/C55H68ClN11O5/c1-34-24-39(56)12-11-35(34)8-7-19-57-51(71)46-25-42(68)33-67(46)52(72)48(54(2,3)4)61-50(70)37-13-17-55(18-14-37)27-40(28-55)64-20-15-36(16-21-64)38-29-59-53(60-30-38)65-22-23-66-41(32-65)31-58-49-45(66)26-44(62-63-49)43-9-5-6-10-47(43)69/h5-6,9-12,24,26,29-30,36-37,40-42,46,48,68-69H,13-23,25,27-28,31-33H2,1-4H3,(H,57,71)(H,58,63)(H,61,70)/t37?,40?,41-,42+,46-,48+,55?/m0/s1. The maximum Gasteiger partial charge on any atom is 0.246 e. The number of fused-ring (bicyclic) bond motifs is 3. The van der Waals surface area contributed by atoms with Crippen LogP contribution in [0.15, 0.2) is 60.9 Å². The number of likely N-dealkylation sites (tertiary alicyclic amines) is 2. The molecule has 2 saturated carbocycles. The van der Waals surface area contributed by atoms with Gasteiger partial charge in [0.2, 0.25) is 23.7 Å². The summed E-state index contributed by atoms with van der Waals surface area (Å²) in [6, 6.07) is 13.7. The highest BCUT2D eigenvalue weighted by Crippen LogP contribution is 2.55. The number of β-amino-alcohol motifs (C(OH)–C–C–N with tert-alkyl or cyclic N) is 1. The molecule has 4 aliphatic heterocycles. The van der Waals surface area contributed by atoms with Crippen molar-refractivity contribution in [3.05, 3.63) is 82.6 Å². The number of aromatic hydroxyl groups is 1. The second kappa shape index (κ2) is 20.5. The predicted octanol–water partition coefficient (Wildman–Crippen LogP) is 5.90. The first-order valence-corrected chi connectivity index (χ1v) is 26.3. The van der Waals surface area contributed by atoms with Crippen molar-refractivity contribution in [2.75, 3.05) is 67.5 Å². The number of aryl methyl sites for hydroxylation is 1. The third-order valence-electron chi connectivity index (χ3n) is 16.5. The number of piperidine rings is 1. The van der Waals surface area contributed by atoms with Crippen LogP contribution < -0.4 is 25.8 Å². The molecule has 6 aliphatic rings. The van der Waals surface area contributed by atoms with E-state index in [-0.39, 0.29) is 60.4 Å². The Balaban J connectivity index is 0.664. The van der Waals surface area contributed by atoms with E-state index in [1.807, 2.05) is 70.4 Å². The number of carbonyl (C=O) groups excluding carboxylic acids is 3. The van der Waals surface area contributed by atoms with Crippen molar-refractivity contribution in [1.82, 2.24) is 40.6 Å². The first kappa shape index (κ1) is 49.6. The molecule has 4 aromatic rings. The third kappa shape index (κ3) is 10.4. The number of nitrogens with zero attached hydrogens (tertiary/aromatic N) is 8. The Kier molecular flexibility index (Phi) is 14.1. The summed E-state index contributed by atoms with van der Waals surface area (Å²) in [4.78, 5) is 60.2. The molecule has 2 aliphatic carbocycles. The minimum atomic E-state index is -0.861. The molecule has 17 heteroatoms. The van der Waals surface area contributed by atoms with Crippen molar-refractivity contribution in [2.24, 2.45) is 16.7 Å². The summed E-state index contributed by atoms with van der Waals surface area (Å²) < 4.78 is 0. The van der Waals surface area contributed by atoms with Gasteiger partial charge in [-0.1, -0.05) is 56.3 Å². The van der Waals surface area contributed by atoms with Gasteiger partial charge in [-0.25, -0.2) is 9.97 Å². The second-order valence-corrected chi connectivity index (χ2v) is 22.7. The maximum atomic E-state index is 14.2. The lowest BCUT2D eigenvalue weighted by molar-refractivity contribution is -0.145. The minimum Gasteiger partial charge on any atom is -0.507 e. The molecule has 10 rings (SSSR count). The fourth-order valence-electron chi connectivity index (χ4n) is 12.2. The van der Waals surface area contributed by atoms with E-state index >= 15 is 0 Å². The van der Waals surface area contributed by atoms with Gasteiger partial charge >= 0.3 is 0 Å². The molecule has 0 bridgehead atoms. The molecule has 5 N–H and O–H groups in total. The van der Waals surface area contributed by atoms with Crippen LogP contribution in [0.3, 0.4) is 0 Å². The molecule has 4 atom stereocenters. The molecular formula is C55H68ClN11O5. The number of carbonyl (C=O) groups is 3. The Morgan fingerprint density at radius 3 is 2.40 bits per heavy atom. The molecule has 5 fully saturated rings. The molecule has 6 heterocycles. The van der Waals surface area contributed by atoms with Crippen LogP contribution in [0.2, 0.25) is 5.02 Å². The van der Waals surface area contributed by atoms with Crippen molar-refractivity contribution in [3.8, 4) is 28.8 Å². The zero-order valence-corrected chi connectivity index (χ0v) is 42.7. The molecule has 0 radical (unpaired) electrons. The molecule has 16 nitrogen and oxygen atoms in total. The minimum absolute atomic E-state index is 0.0266. The van der Waals surface area contributed by atoms with Gasteiger partial charge in [-0.2, -0.15) is 0 Å². The van der Waals surface area contributed by atoms with Crippen LogP contribution in [-0.4, -0.2) is 141 Å². The number of rotatable bonds is 9. The summed E-state index contributed by atoms with van der Waals surface area (Å²) in [5.74, 6) is 7.19. The van der Waals surface area contributed by atoms with Gasteiger partial charge in [-0.05, 0) is 136 Å². The number of anilines is 3. The van der Waals surface area contributed by atoms with Gasteiger partial charge in [-0.15, -0.1) is 10.2 Å². The number of para-hydroxylation sites is 1. The molecule has 3 amide bonds. The fourth-order valence-corrected chi connectivity index (χ4v) is 12.5. The van der Waals surface area contributed by atoms with Gasteiger partial charge in [0.15, 0.2) is 5.82 Å². The Morgan fingerprint density at radius 2 is 1.68 bits per heavy atom. The number of nitrogens with one attached hydrogen (secondary N) is 3. The average molecular weight is 999 g/mol. The molecule has 3 saturated heterocycles. The number of aliphatic hydroxyl groups excluding tert-OH is 1. The molecule has 72 heavy (non-hydrogen) atoms. The summed E-state index contributed by atoms with van der Waals surface area (Å²) in [6.45, 7) is 13.0.